The van der Waals surface area contributed by atoms with E-state index < -0.39 is 36.4 Å². The zero-order valence-corrected chi connectivity index (χ0v) is 11.0. The third kappa shape index (κ3) is 6.24. The number of carbonyl (C=O) groups is 4. The minimum atomic E-state index is -1.43. The molecule has 0 aliphatic rings. The topological polar surface area (TPSA) is 142 Å². The van der Waals surface area contributed by atoms with Crippen molar-refractivity contribution in [3.8, 4) is 0 Å². The molecular weight excluding hydrogens is 256 g/mol. The van der Waals surface area contributed by atoms with E-state index in [0.717, 1.165) is 0 Å². The molecule has 9 heteroatoms. The summed E-state index contributed by atoms with van der Waals surface area (Å²) in [6.45, 7) is 1.45. The molecule has 0 fully saturated rings. The molecule has 0 aromatic heterocycles. The van der Waals surface area contributed by atoms with E-state index in [1.54, 1.807) is 0 Å². The van der Waals surface area contributed by atoms with Gasteiger partial charge in [-0.1, -0.05) is 0 Å². The van der Waals surface area contributed by atoms with Crippen LogP contribution in [-0.2, 0) is 14.4 Å². The molecule has 1 unspecified atom stereocenters. The van der Waals surface area contributed by atoms with Crippen molar-refractivity contribution in [1.29, 1.82) is 0 Å². The molecule has 0 spiro atoms. The number of aliphatic carboxylic acids is 1. The number of hydrogen-bond donors (Lipinski definition) is 4. The first-order valence-corrected chi connectivity index (χ1v) is 5.44. The van der Waals surface area contributed by atoms with Crippen LogP contribution in [0.25, 0.3) is 0 Å². The van der Waals surface area contributed by atoms with Crippen molar-refractivity contribution in [2.24, 2.45) is 5.73 Å². The Hall–Kier alpha value is -2.32. The van der Waals surface area contributed by atoms with E-state index in [0.29, 0.717) is 0 Å². The Morgan fingerprint density at radius 3 is 2.11 bits per heavy atom. The summed E-state index contributed by atoms with van der Waals surface area (Å²) < 4.78 is 0. The zero-order valence-electron chi connectivity index (χ0n) is 11.0. The zero-order chi connectivity index (χ0) is 15.2. The Labute approximate surface area is 110 Å². The Morgan fingerprint density at radius 2 is 1.74 bits per heavy atom. The van der Waals surface area contributed by atoms with Crippen molar-refractivity contribution >= 4 is 23.8 Å². The quantitative estimate of drug-likeness (QED) is 0.447. The lowest BCUT2D eigenvalue weighted by Gasteiger charge is -2.19. The molecule has 9 nitrogen and oxygen atoms in total. The predicted molar refractivity (Wildman–Crippen MR) is 65.1 cm³/mol. The van der Waals surface area contributed by atoms with E-state index in [-0.39, 0.29) is 5.91 Å². The van der Waals surface area contributed by atoms with Crippen LogP contribution in [0.1, 0.15) is 13.3 Å². The van der Waals surface area contributed by atoms with Gasteiger partial charge in [0, 0.05) is 14.1 Å². The predicted octanol–water partition coefficient (Wildman–Crippen LogP) is -1.91. The van der Waals surface area contributed by atoms with Crippen molar-refractivity contribution in [3.63, 3.8) is 0 Å². The van der Waals surface area contributed by atoms with Crippen LogP contribution in [0, 0.1) is 0 Å². The lowest BCUT2D eigenvalue weighted by Crippen LogP contribution is -2.52. The monoisotopic (exact) mass is 274 g/mol. The van der Waals surface area contributed by atoms with Crippen LogP contribution in [0.2, 0.25) is 0 Å². The summed E-state index contributed by atoms with van der Waals surface area (Å²) in [6.07, 6.45) is -0.529. The summed E-state index contributed by atoms with van der Waals surface area (Å²) in [5.74, 6) is -2.59. The first kappa shape index (κ1) is 16.7. The fourth-order valence-electron chi connectivity index (χ4n) is 1.25. The first-order chi connectivity index (χ1) is 8.65. The van der Waals surface area contributed by atoms with Gasteiger partial charge in [0.1, 0.15) is 12.1 Å². The number of nitrogens with zero attached hydrogens (tertiary/aromatic N) is 1. The van der Waals surface area contributed by atoms with Gasteiger partial charge in [0.25, 0.3) is 0 Å². The second-order valence-corrected chi connectivity index (χ2v) is 4.13. The highest BCUT2D eigenvalue weighted by Gasteiger charge is 2.24. The molecule has 2 atom stereocenters. The number of primary amides is 1. The van der Waals surface area contributed by atoms with Crippen molar-refractivity contribution in [2.75, 3.05) is 14.1 Å². The summed E-state index contributed by atoms with van der Waals surface area (Å²) in [6, 6.07) is -3.12. The van der Waals surface area contributed by atoms with E-state index in [4.69, 9.17) is 10.8 Å². The lowest BCUT2D eigenvalue weighted by atomic mass is 10.2. The lowest BCUT2D eigenvalue weighted by molar-refractivity contribution is -0.140. The standard InChI is InChI=1S/C10H18N4O5/c1-5(8(16)14(2)3)12-10(19)13-6(9(17)18)4-7(11)15/h5-6H,4H2,1-3H3,(H2,11,15)(H,17,18)(H2,12,13,19)/t5?,6-/m0/s1. The Morgan fingerprint density at radius 1 is 1.21 bits per heavy atom. The van der Waals surface area contributed by atoms with Crippen molar-refractivity contribution in [3.05, 3.63) is 0 Å². The maximum atomic E-state index is 11.5. The van der Waals surface area contributed by atoms with E-state index in [9.17, 15) is 19.2 Å². The van der Waals surface area contributed by atoms with Gasteiger partial charge in [0.2, 0.25) is 11.8 Å². The maximum Gasteiger partial charge on any atom is 0.326 e. The van der Waals surface area contributed by atoms with Crippen molar-refractivity contribution in [1.82, 2.24) is 15.5 Å². The Kier molecular flexibility index (Phi) is 6.31. The fraction of sp³-hybridized carbons (Fsp3) is 0.600. The van der Waals surface area contributed by atoms with Gasteiger partial charge in [-0.25, -0.2) is 9.59 Å². The number of rotatable bonds is 6. The summed E-state index contributed by atoms with van der Waals surface area (Å²) >= 11 is 0. The maximum absolute atomic E-state index is 11.5. The molecule has 5 N–H and O–H groups in total. The molecule has 0 aliphatic carbocycles. The average Bonchev–Trinajstić information content (AvgIpc) is 2.25. The van der Waals surface area contributed by atoms with Crippen molar-refractivity contribution < 1.29 is 24.3 Å². The second-order valence-electron chi connectivity index (χ2n) is 4.13. The molecule has 0 bridgehead atoms. The van der Waals surface area contributed by atoms with E-state index in [1.165, 1.54) is 25.9 Å². The molecule has 0 rings (SSSR count). The molecule has 0 saturated carbocycles. The number of carboxylic acids is 1. The Bertz CT molecular complexity index is 382. The smallest absolute Gasteiger partial charge is 0.326 e. The van der Waals surface area contributed by atoms with Gasteiger partial charge in [-0.3, -0.25) is 9.59 Å². The average molecular weight is 274 g/mol. The molecule has 0 aromatic carbocycles. The van der Waals surface area contributed by atoms with Crippen LogP contribution in [0.15, 0.2) is 0 Å². The van der Waals surface area contributed by atoms with Crippen LogP contribution in [-0.4, -0.2) is 60.0 Å². The number of urea groups is 1. The number of hydrogen-bond acceptors (Lipinski definition) is 4. The molecule has 4 amide bonds. The van der Waals surface area contributed by atoms with Gasteiger partial charge in [-0.05, 0) is 6.92 Å². The summed E-state index contributed by atoms with van der Waals surface area (Å²) in [7, 11) is 3.04. The first-order valence-electron chi connectivity index (χ1n) is 5.44. The normalized spacial score (nSPS) is 13.0. The summed E-state index contributed by atoms with van der Waals surface area (Å²) in [5, 5.41) is 13.1. The van der Waals surface area contributed by atoms with Crippen LogP contribution in [0.4, 0.5) is 4.79 Å². The molecule has 19 heavy (non-hydrogen) atoms. The van der Waals surface area contributed by atoms with E-state index >= 15 is 0 Å². The molecule has 0 aromatic rings. The van der Waals surface area contributed by atoms with Crippen molar-refractivity contribution in [2.45, 2.75) is 25.4 Å². The van der Waals surface area contributed by atoms with Gasteiger partial charge in [-0.15, -0.1) is 0 Å². The van der Waals surface area contributed by atoms with Gasteiger partial charge in [0.05, 0.1) is 6.42 Å². The molecule has 108 valence electrons. The largest absolute Gasteiger partial charge is 0.480 e. The minimum absolute atomic E-state index is 0.350. The van der Waals surface area contributed by atoms with Gasteiger partial charge >= 0.3 is 12.0 Å². The molecule has 0 radical (unpaired) electrons. The van der Waals surface area contributed by atoms with E-state index in [2.05, 4.69) is 10.6 Å². The summed E-state index contributed by atoms with van der Waals surface area (Å²) in [4.78, 5) is 45.6. The highest BCUT2D eigenvalue weighted by molar-refractivity contribution is 5.90. The third-order valence-electron chi connectivity index (χ3n) is 2.17. The van der Waals surface area contributed by atoms with Crippen LogP contribution in [0.3, 0.4) is 0 Å². The molecule has 0 heterocycles. The Balaban J connectivity index is 4.46. The van der Waals surface area contributed by atoms with Crippen LogP contribution in [0.5, 0.6) is 0 Å². The van der Waals surface area contributed by atoms with Gasteiger partial charge < -0.3 is 26.4 Å². The minimum Gasteiger partial charge on any atom is -0.480 e. The fourth-order valence-corrected chi connectivity index (χ4v) is 1.25. The van der Waals surface area contributed by atoms with Crippen LogP contribution >= 0.6 is 0 Å². The van der Waals surface area contributed by atoms with Gasteiger partial charge in [-0.2, -0.15) is 0 Å². The van der Waals surface area contributed by atoms with Gasteiger partial charge in [0.15, 0.2) is 0 Å². The highest BCUT2D eigenvalue weighted by Crippen LogP contribution is 1.93. The summed E-state index contributed by atoms with van der Waals surface area (Å²) in [5.41, 5.74) is 4.86. The van der Waals surface area contributed by atoms with Crippen LogP contribution < -0.4 is 16.4 Å². The highest BCUT2D eigenvalue weighted by atomic mass is 16.4. The molecular formula is C10H18N4O5. The number of carboxylic acid groups (broad SMARTS) is 1. The van der Waals surface area contributed by atoms with E-state index in [1.807, 2.05) is 0 Å². The molecule has 0 aliphatic heterocycles. The number of nitrogens with one attached hydrogen (secondary N) is 2. The number of nitrogens with two attached hydrogens (primary N) is 1. The number of likely N-dealkylation sites (N-methyl/N-ethyl adjacent to an activating group) is 1. The number of carbonyl (C=O) groups excluding carboxylic acids is 3. The third-order valence-corrected chi connectivity index (χ3v) is 2.17. The number of amides is 4. The molecule has 0 saturated heterocycles. The second kappa shape index (κ2) is 7.19. The SMILES string of the molecule is CC(NC(=O)N[C@@H](CC(N)=O)C(=O)O)C(=O)N(C)C.